The van der Waals surface area contributed by atoms with Crippen molar-refractivity contribution in [2.75, 3.05) is 20.1 Å². The van der Waals surface area contributed by atoms with Crippen LogP contribution in [0.1, 0.15) is 74.1 Å². The Morgan fingerprint density at radius 1 is 0.850 bits per heavy atom. The van der Waals surface area contributed by atoms with Crippen LogP contribution in [0.25, 0.3) is 0 Å². The molecule has 0 saturated carbocycles. The summed E-state index contributed by atoms with van der Waals surface area (Å²) in [6.07, 6.45) is 0.0406. The Bertz CT molecular complexity index is 967. The van der Waals surface area contributed by atoms with Gasteiger partial charge in [0.2, 0.25) is 23.6 Å². The number of nitrogens with zero attached hydrogens (tertiary/aromatic N) is 2. The van der Waals surface area contributed by atoms with E-state index in [1.165, 1.54) is 16.8 Å². The number of rotatable bonds is 4. The fourth-order valence-electron chi connectivity index (χ4n) is 4.90. The van der Waals surface area contributed by atoms with Crippen LogP contribution in [0.5, 0.6) is 0 Å². The lowest BCUT2D eigenvalue weighted by molar-refractivity contribution is -0.162. The molecule has 226 valence electrons. The van der Waals surface area contributed by atoms with Gasteiger partial charge in [-0.1, -0.05) is 41.5 Å². The number of carbonyl (C=O) groups is 6. The van der Waals surface area contributed by atoms with Crippen molar-refractivity contribution in [3.63, 3.8) is 0 Å². The molecule has 0 aliphatic carbocycles. The van der Waals surface area contributed by atoms with Crippen molar-refractivity contribution in [2.24, 2.45) is 17.8 Å². The summed E-state index contributed by atoms with van der Waals surface area (Å²) in [4.78, 5) is 81.8. The average Bonchev–Trinajstić information content (AvgIpc) is 3.36. The lowest BCUT2D eigenvalue weighted by atomic mass is 9.98. The van der Waals surface area contributed by atoms with Crippen molar-refractivity contribution < 1.29 is 33.5 Å². The van der Waals surface area contributed by atoms with E-state index in [9.17, 15) is 28.8 Å². The second-order valence-electron chi connectivity index (χ2n) is 11.9. The van der Waals surface area contributed by atoms with Gasteiger partial charge < -0.3 is 30.5 Å². The van der Waals surface area contributed by atoms with E-state index in [4.69, 9.17) is 4.74 Å². The highest BCUT2D eigenvalue weighted by atomic mass is 16.5. The van der Waals surface area contributed by atoms with E-state index >= 15 is 0 Å². The first-order valence-corrected chi connectivity index (χ1v) is 14.3. The zero-order chi connectivity index (χ0) is 30.3. The van der Waals surface area contributed by atoms with E-state index in [1.807, 2.05) is 13.8 Å². The van der Waals surface area contributed by atoms with Gasteiger partial charge in [0.25, 0.3) is 5.91 Å². The van der Waals surface area contributed by atoms with Crippen molar-refractivity contribution >= 4 is 35.5 Å². The molecule has 40 heavy (non-hydrogen) atoms. The van der Waals surface area contributed by atoms with Gasteiger partial charge in [-0.25, -0.2) is 0 Å². The molecule has 2 saturated heterocycles. The molecule has 5 atom stereocenters. The molecule has 0 spiro atoms. The first-order chi connectivity index (χ1) is 18.6. The first kappa shape index (κ1) is 33.0. The van der Waals surface area contributed by atoms with Gasteiger partial charge in [-0.05, 0) is 43.9 Å². The highest BCUT2D eigenvalue weighted by Gasteiger charge is 2.41. The van der Waals surface area contributed by atoms with Crippen LogP contribution in [0.2, 0.25) is 0 Å². The molecule has 0 aromatic heterocycles. The minimum absolute atomic E-state index is 0.0368. The van der Waals surface area contributed by atoms with Gasteiger partial charge in [-0.15, -0.1) is 0 Å². The number of fused-ring (bicyclic) bond motifs is 1. The van der Waals surface area contributed by atoms with Crippen molar-refractivity contribution in [3.8, 4) is 0 Å². The Morgan fingerprint density at radius 3 is 2.02 bits per heavy atom. The summed E-state index contributed by atoms with van der Waals surface area (Å²) in [6, 6.07) is -3.60. The molecule has 2 fully saturated rings. The van der Waals surface area contributed by atoms with Crippen LogP contribution in [0.4, 0.5) is 0 Å². The standard InChI is InChI=1S/C28H47N5O7/c1-15(2)14-20-27(38)33-13-9-10-19(33)25(36)30-22(16(3)4)26(37)31-23(17(5)6)28(39)32(8)18(7)24(35)29-12-11-21(34)40-20/h15-20,22-23H,9-14H2,1-8H3,(H,29,35)(H,30,36)(H,31,37)/t18-,19-,20+,22-,23-/m0/s1. The fourth-order valence-corrected chi connectivity index (χ4v) is 4.90. The highest BCUT2D eigenvalue weighted by molar-refractivity contribution is 5.96. The molecule has 3 N–H and O–H groups in total. The van der Waals surface area contributed by atoms with E-state index in [-0.39, 0.29) is 37.1 Å². The molecular weight excluding hydrogens is 518 g/mol. The molecule has 2 heterocycles. The minimum atomic E-state index is -1.07. The Balaban J connectivity index is 2.45. The topological polar surface area (TPSA) is 154 Å². The minimum Gasteiger partial charge on any atom is -0.452 e. The molecule has 5 amide bonds. The second-order valence-corrected chi connectivity index (χ2v) is 11.9. The Morgan fingerprint density at radius 2 is 1.45 bits per heavy atom. The molecule has 2 aliphatic rings. The molecule has 0 bridgehead atoms. The maximum absolute atomic E-state index is 13.5. The van der Waals surface area contributed by atoms with Crippen molar-refractivity contribution in [3.05, 3.63) is 0 Å². The SMILES string of the molecule is CC(C)C[C@H]1OC(=O)CCNC(=O)[C@H](C)N(C)C(=O)[C@H](C(C)C)NC(=O)[C@H](C(C)C)NC(=O)[C@@H]2CCCN2C1=O. The predicted molar refractivity (Wildman–Crippen MR) is 147 cm³/mol. The smallest absolute Gasteiger partial charge is 0.308 e. The molecule has 2 aliphatic heterocycles. The van der Waals surface area contributed by atoms with Crippen LogP contribution in [-0.4, -0.2) is 95.7 Å². The molecule has 12 nitrogen and oxygen atoms in total. The Labute approximate surface area is 237 Å². The van der Waals surface area contributed by atoms with Crippen LogP contribution < -0.4 is 16.0 Å². The molecule has 0 aromatic rings. The van der Waals surface area contributed by atoms with E-state index < -0.39 is 65.8 Å². The number of esters is 1. The summed E-state index contributed by atoms with van der Waals surface area (Å²) < 4.78 is 5.56. The summed E-state index contributed by atoms with van der Waals surface area (Å²) in [5.74, 6) is -3.61. The van der Waals surface area contributed by atoms with E-state index in [0.717, 1.165) is 0 Å². The Hall–Kier alpha value is -3.18. The summed E-state index contributed by atoms with van der Waals surface area (Å²) in [7, 11) is 1.48. The van der Waals surface area contributed by atoms with Crippen LogP contribution in [0, 0.1) is 17.8 Å². The largest absolute Gasteiger partial charge is 0.452 e. The maximum Gasteiger partial charge on any atom is 0.308 e. The highest BCUT2D eigenvalue weighted by Crippen LogP contribution is 2.23. The van der Waals surface area contributed by atoms with Gasteiger partial charge in [-0.3, -0.25) is 28.8 Å². The van der Waals surface area contributed by atoms with Crippen LogP contribution in [0.3, 0.4) is 0 Å². The van der Waals surface area contributed by atoms with Gasteiger partial charge in [0.05, 0.1) is 6.42 Å². The molecule has 12 heteroatoms. The number of hydrogen-bond acceptors (Lipinski definition) is 7. The van der Waals surface area contributed by atoms with Gasteiger partial charge in [0.15, 0.2) is 6.10 Å². The van der Waals surface area contributed by atoms with Crippen molar-refractivity contribution in [1.29, 1.82) is 0 Å². The van der Waals surface area contributed by atoms with Gasteiger partial charge >= 0.3 is 5.97 Å². The number of ether oxygens (including phenoxy) is 1. The number of likely N-dealkylation sites (N-methyl/N-ethyl adjacent to an activating group) is 1. The fraction of sp³-hybridized carbons (Fsp3) is 0.786. The third-order valence-electron chi connectivity index (χ3n) is 7.49. The third-order valence-corrected chi connectivity index (χ3v) is 7.49. The number of carbonyl (C=O) groups excluding carboxylic acids is 6. The predicted octanol–water partition coefficient (Wildman–Crippen LogP) is 0.584. The zero-order valence-electron chi connectivity index (χ0n) is 25.1. The van der Waals surface area contributed by atoms with E-state index in [2.05, 4.69) is 16.0 Å². The quantitative estimate of drug-likeness (QED) is 0.422. The van der Waals surface area contributed by atoms with Gasteiger partial charge in [0, 0.05) is 20.1 Å². The summed E-state index contributed by atoms with van der Waals surface area (Å²) in [6.45, 7) is 12.8. The first-order valence-electron chi connectivity index (χ1n) is 14.3. The van der Waals surface area contributed by atoms with Crippen molar-refractivity contribution in [1.82, 2.24) is 25.8 Å². The monoisotopic (exact) mass is 565 g/mol. The summed E-state index contributed by atoms with van der Waals surface area (Å²) in [5, 5.41) is 8.22. The molecule has 2 rings (SSSR count). The lowest BCUT2D eigenvalue weighted by Gasteiger charge is -2.33. The van der Waals surface area contributed by atoms with Gasteiger partial charge in [-0.2, -0.15) is 0 Å². The van der Waals surface area contributed by atoms with Gasteiger partial charge in [0.1, 0.15) is 24.2 Å². The average molecular weight is 566 g/mol. The number of cyclic esters (lactones) is 1. The van der Waals surface area contributed by atoms with Crippen molar-refractivity contribution in [2.45, 2.75) is 104 Å². The van der Waals surface area contributed by atoms with E-state index in [1.54, 1.807) is 34.6 Å². The number of nitrogens with one attached hydrogen (secondary N) is 3. The second kappa shape index (κ2) is 14.5. The van der Waals surface area contributed by atoms with Crippen LogP contribution >= 0.6 is 0 Å². The normalized spacial score (nSPS) is 28.5. The molecule has 0 unspecified atom stereocenters. The number of hydrogen-bond donors (Lipinski definition) is 3. The zero-order valence-corrected chi connectivity index (χ0v) is 25.1. The van der Waals surface area contributed by atoms with Crippen LogP contribution in [-0.2, 0) is 33.5 Å². The van der Waals surface area contributed by atoms with Crippen LogP contribution in [0.15, 0.2) is 0 Å². The Kier molecular flexibility index (Phi) is 11.9. The molecule has 0 radical (unpaired) electrons. The maximum atomic E-state index is 13.5. The molecule has 0 aromatic carbocycles. The summed E-state index contributed by atoms with van der Waals surface area (Å²) >= 11 is 0. The number of amides is 5. The van der Waals surface area contributed by atoms with E-state index in [0.29, 0.717) is 19.4 Å². The lowest BCUT2D eigenvalue weighted by Crippen LogP contribution is -2.60. The summed E-state index contributed by atoms with van der Waals surface area (Å²) in [5.41, 5.74) is 0. The third kappa shape index (κ3) is 8.41. The molecular formula is C28H47N5O7.